The van der Waals surface area contributed by atoms with E-state index in [0.29, 0.717) is 11.3 Å². The summed E-state index contributed by atoms with van der Waals surface area (Å²) in [6.07, 6.45) is -3.59. The van der Waals surface area contributed by atoms with Crippen LogP contribution >= 0.6 is 11.3 Å². The molecule has 0 saturated heterocycles. The number of rotatable bonds is 2. The molecule has 0 aromatic carbocycles. The van der Waals surface area contributed by atoms with Crippen LogP contribution in [-0.4, -0.2) is 20.5 Å². The largest absolute Gasteiger partial charge is 0.443 e. The maximum absolute atomic E-state index is 12.4. The fourth-order valence-corrected chi connectivity index (χ4v) is 2.04. The number of nitrogens with zero attached hydrogens (tertiary/aromatic N) is 3. The highest BCUT2D eigenvalue weighted by molar-refractivity contribution is 7.13. The zero-order valence-corrected chi connectivity index (χ0v) is 10.3. The van der Waals surface area contributed by atoms with Gasteiger partial charge in [0.15, 0.2) is 5.01 Å². The fraction of sp³-hybridized carbons (Fsp3) is 0.300. The number of aromatic nitrogens is 3. The molecule has 18 heavy (non-hydrogen) atoms. The Balaban J connectivity index is 2.32. The van der Waals surface area contributed by atoms with Crippen LogP contribution in [0.25, 0.3) is 0 Å². The molecule has 0 aliphatic heterocycles. The maximum atomic E-state index is 12.4. The molecule has 4 nitrogen and oxygen atoms in total. The lowest BCUT2D eigenvalue weighted by Crippen LogP contribution is -2.03. The average molecular weight is 275 g/mol. The zero-order chi connectivity index (χ0) is 13.5. The Bertz CT molecular complexity index is 580. The molecule has 0 amide bonds. The second kappa shape index (κ2) is 4.20. The first-order valence-corrected chi connectivity index (χ1v) is 5.69. The van der Waals surface area contributed by atoms with Crippen LogP contribution in [0.2, 0.25) is 0 Å². The minimum Gasteiger partial charge on any atom is -0.286 e. The Morgan fingerprint density at radius 1 is 1.44 bits per heavy atom. The summed E-state index contributed by atoms with van der Waals surface area (Å²) in [5.41, 5.74) is 0.867. The van der Waals surface area contributed by atoms with Crippen LogP contribution in [0.4, 0.5) is 13.2 Å². The highest BCUT2D eigenvalue weighted by Gasteiger charge is 2.35. The van der Waals surface area contributed by atoms with E-state index in [-0.39, 0.29) is 10.6 Å². The van der Waals surface area contributed by atoms with Gasteiger partial charge in [-0.25, -0.2) is 4.98 Å². The first-order chi connectivity index (χ1) is 8.29. The molecule has 2 rings (SSSR count). The third-order valence-corrected chi connectivity index (χ3v) is 3.36. The van der Waals surface area contributed by atoms with Gasteiger partial charge in [-0.1, -0.05) is 0 Å². The first kappa shape index (κ1) is 12.7. The van der Waals surface area contributed by atoms with Crippen molar-refractivity contribution in [1.29, 1.82) is 0 Å². The summed E-state index contributed by atoms with van der Waals surface area (Å²) in [5.74, 6) is -0.549. The van der Waals surface area contributed by atoms with Gasteiger partial charge in [0.05, 0.1) is 4.88 Å². The van der Waals surface area contributed by atoms with Crippen LogP contribution < -0.4 is 0 Å². The van der Waals surface area contributed by atoms with Gasteiger partial charge in [-0.15, -0.1) is 11.3 Å². The van der Waals surface area contributed by atoms with Crippen molar-refractivity contribution in [2.45, 2.75) is 13.1 Å². The molecular formula is C10H8F3N3OS. The van der Waals surface area contributed by atoms with Gasteiger partial charge < -0.3 is 0 Å². The molecule has 0 aliphatic carbocycles. The Kier molecular flexibility index (Phi) is 2.97. The molecule has 0 unspecified atom stereocenters. The van der Waals surface area contributed by atoms with E-state index in [1.165, 1.54) is 10.7 Å². The molecule has 8 heteroatoms. The standard InChI is InChI=1S/C10H8F3N3OS/c1-5-3-6(15-16(5)2)8(17)7-4-14-9(18-7)10(11,12)13/h3-4H,1-2H3. The van der Waals surface area contributed by atoms with Crippen molar-refractivity contribution in [3.63, 3.8) is 0 Å². The molecule has 2 aromatic rings. The lowest BCUT2D eigenvalue weighted by molar-refractivity contribution is -0.137. The van der Waals surface area contributed by atoms with Crippen molar-refractivity contribution in [2.75, 3.05) is 0 Å². The minimum atomic E-state index is -4.52. The Morgan fingerprint density at radius 2 is 2.11 bits per heavy atom. The molecule has 0 bridgehead atoms. The number of ketones is 1. The minimum absolute atomic E-state index is 0.0691. The maximum Gasteiger partial charge on any atom is 0.443 e. The first-order valence-electron chi connectivity index (χ1n) is 4.87. The number of hydrogen-bond acceptors (Lipinski definition) is 4. The van der Waals surface area contributed by atoms with Crippen LogP contribution in [0.15, 0.2) is 12.3 Å². The molecule has 0 radical (unpaired) electrons. The van der Waals surface area contributed by atoms with E-state index in [1.54, 1.807) is 14.0 Å². The number of hydrogen-bond donors (Lipinski definition) is 0. The van der Waals surface area contributed by atoms with Gasteiger partial charge in [0, 0.05) is 18.9 Å². The number of alkyl halides is 3. The summed E-state index contributed by atoms with van der Waals surface area (Å²) in [6.45, 7) is 1.75. The molecule has 2 aromatic heterocycles. The van der Waals surface area contributed by atoms with E-state index in [4.69, 9.17) is 0 Å². The van der Waals surface area contributed by atoms with E-state index in [9.17, 15) is 18.0 Å². The highest BCUT2D eigenvalue weighted by atomic mass is 32.1. The van der Waals surface area contributed by atoms with Crippen LogP contribution in [-0.2, 0) is 13.2 Å². The van der Waals surface area contributed by atoms with Crippen LogP contribution in [0, 0.1) is 6.92 Å². The quantitative estimate of drug-likeness (QED) is 0.791. The Hall–Kier alpha value is -1.70. The normalized spacial score (nSPS) is 11.8. The van der Waals surface area contributed by atoms with E-state index >= 15 is 0 Å². The van der Waals surface area contributed by atoms with Crippen LogP contribution in [0.3, 0.4) is 0 Å². The van der Waals surface area contributed by atoms with Crippen molar-refractivity contribution in [1.82, 2.24) is 14.8 Å². The monoisotopic (exact) mass is 275 g/mol. The van der Waals surface area contributed by atoms with Gasteiger partial charge in [0.2, 0.25) is 5.78 Å². The predicted molar refractivity (Wildman–Crippen MR) is 58.5 cm³/mol. The summed E-state index contributed by atoms with van der Waals surface area (Å²) >= 11 is 0.323. The molecule has 0 saturated carbocycles. The van der Waals surface area contributed by atoms with Crippen molar-refractivity contribution in [3.05, 3.63) is 33.5 Å². The van der Waals surface area contributed by atoms with Gasteiger partial charge in [-0.2, -0.15) is 18.3 Å². The summed E-state index contributed by atoms with van der Waals surface area (Å²) in [7, 11) is 1.65. The highest BCUT2D eigenvalue weighted by Crippen LogP contribution is 2.32. The van der Waals surface area contributed by atoms with E-state index in [0.717, 1.165) is 11.9 Å². The topological polar surface area (TPSA) is 47.8 Å². The number of aryl methyl sites for hydroxylation is 2. The van der Waals surface area contributed by atoms with Gasteiger partial charge in [0.25, 0.3) is 0 Å². The number of thiazole rings is 1. The van der Waals surface area contributed by atoms with Crippen molar-refractivity contribution in [2.24, 2.45) is 7.05 Å². The zero-order valence-electron chi connectivity index (χ0n) is 9.45. The fourth-order valence-electron chi connectivity index (χ4n) is 1.31. The number of halogens is 3. The molecular weight excluding hydrogens is 267 g/mol. The van der Waals surface area contributed by atoms with Crippen molar-refractivity contribution < 1.29 is 18.0 Å². The third kappa shape index (κ3) is 2.28. The lowest BCUT2D eigenvalue weighted by atomic mass is 10.2. The molecule has 0 spiro atoms. The molecule has 2 heterocycles. The van der Waals surface area contributed by atoms with Crippen LogP contribution in [0.5, 0.6) is 0 Å². The molecule has 0 N–H and O–H groups in total. The van der Waals surface area contributed by atoms with Crippen molar-refractivity contribution in [3.8, 4) is 0 Å². The molecule has 0 atom stereocenters. The van der Waals surface area contributed by atoms with Gasteiger partial charge in [-0.3, -0.25) is 9.48 Å². The Morgan fingerprint density at radius 3 is 2.56 bits per heavy atom. The molecule has 0 fully saturated rings. The summed E-state index contributed by atoms with van der Waals surface area (Å²) in [4.78, 5) is 15.0. The third-order valence-electron chi connectivity index (χ3n) is 2.32. The summed E-state index contributed by atoms with van der Waals surface area (Å²) in [5, 5.41) is 2.89. The lowest BCUT2D eigenvalue weighted by Gasteiger charge is -1.98. The van der Waals surface area contributed by atoms with E-state index in [1.807, 2.05) is 0 Å². The summed E-state index contributed by atoms with van der Waals surface area (Å²) in [6, 6.07) is 1.52. The van der Waals surface area contributed by atoms with E-state index < -0.39 is 17.0 Å². The second-order valence-corrected chi connectivity index (χ2v) is 4.68. The molecule has 96 valence electrons. The number of carbonyl (C=O) groups excluding carboxylic acids is 1. The van der Waals surface area contributed by atoms with Crippen LogP contribution in [0.1, 0.15) is 26.1 Å². The van der Waals surface area contributed by atoms with Crippen molar-refractivity contribution >= 4 is 17.1 Å². The molecule has 0 aliphatic rings. The predicted octanol–water partition coefficient (Wildman–Crippen LogP) is 2.43. The van der Waals surface area contributed by atoms with Gasteiger partial charge >= 0.3 is 6.18 Å². The Labute approximate surface area is 104 Å². The van der Waals surface area contributed by atoms with Gasteiger partial charge in [-0.05, 0) is 13.0 Å². The SMILES string of the molecule is Cc1cc(C(=O)c2cnc(C(F)(F)F)s2)nn1C. The smallest absolute Gasteiger partial charge is 0.286 e. The second-order valence-electron chi connectivity index (χ2n) is 3.65. The van der Waals surface area contributed by atoms with Gasteiger partial charge in [0.1, 0.15) is 5.69 Å². The van der Waals surface area contributed by atoms with E-state index in [2.05, 4.69) is 10.1 Å². The average Bonchev–Trinajstić information content (AvgIpc) is 2.85. The summed E-state index contributed by atoms with van der Waals surface area (Å²) < 4.78 is 38.5. The number of carbonyl (C=O) groups is 1.